The molecule has 0 radical (unpaired) electrons. The summed E-state index contributed by atoms with van der Waals surface area (Å²) < 4.78 is 8.96. The lowest BCUT2D eigenvalue weighted by Crippen LogP contribution is -2.09. The van der Waals surface area contributed by atoms with E-state index in [2.05, 4.69) is 205 Å². The van der Waals surface area contributed by atoms with Gasteiger partial charge in [0.2, 0.25) is 0 Å². The van der Waals surface area contributed by atoms with E-state index in [1.807, 2.05) is 23.5 Å². The van der Waals surface area contributed by atoms with Crippen molar-refractivity contribution in [3.8, 4) is 44.5 Å². The van der Waals surface area contributed by atoms with E-state index in [0.29, 0.717) is 0 Å². The molecule has 0 saturated heterocycles. The first-order valence-corrected chi connectivity index (χ1v) is 20.1. The van der Waals surface area contributed by atoms with Crippen molar-refractivity contribution in [3.63, 3.8) is 0 Å². The van der Waals surface area contributed by atoms with E-state index in [4.69, 9.17) is 4.42 Å². The van der Waals surface area contributed by atoms with E-state index in [1.165, 1.54) is 59.1 Å². The molecule has 0 spiro atoms. The summed E-state index contributed by atoms with van der Waals surface area (Å²) in [7, 11) is 0. The fourth-order valence-corrected chi connectivity index (χ4v) is 9.37. The van der Waals surface area contributed by atoms with Crippen LogP contribution in [0.25, 0.3) is 86.6 Å². The molecule has 0 N–H and O–H groups in total. The number of rotatable bonds is 7. The maximum atomic E-state index is 6.38. The van der Waals surface area contributed by atoms with Gasteiger partial charge in [0.05, 0.1) is 0 Å². The Labute approximate surface area is 335 Å². The lowest BCUT2D eigenvalue weighted by molar-refractivity contribution is 0.669. The van der Waals surface area contributed by atoms with Crippen LogP contribution in [0.4, 0.5) is 17.1 Å². The summed E-state index contributed by atoms with van der Waals surface area (Å²) in [5, 5.41) is 4.85. The zero-order valence-corrected chi connectivity index (χ0v) is 31.8. The van der Waals surface area contributed by atoms with Gasteiger partial charge >= 0.3 is 0 Å². The molecule has 0 aliphatic rings. The number of hydrogen-bond donors (Lipinski definition) is 0. The first kappa shape index (κ1) is 33.2. The highest BCUT2D eigenvalue weighted by Gasteiger charge is 2.18. The third kappa shape index (κ3) is 5.97. The summed E-state index contributed by atoms with van der Waals surface area (Å²) in [6, 6.07) is 76.4. The van der Waals surface area contributed by atoms with Crippen LogP contribution < -0.4 is 4.90 Å². The van der Waals surface area contributed by atoms with Crippen molar-refractivity contribution in [1.29, 1.82) is 0 Å². The van der Waals surface area contributed by atoms with E-state index in [1.54, 1.807) is 0 Å². The van der Waals surface area contributed by atoms with E-state index in [0.717, 1.165) is 44.6 Å². The smallest absolute Gasteiger partial charge is 0.136 e. The Hall–Kier alpha value is -7.20. The fraction of sp³-hybridized carbons (Fsp3) is 0. The average Bonchev–Trinajstić information content (AvgIpc) is 3.85. The third-order valence-electron chi connectivity index (χ3n) is 11.1. The summed E-state index contributed by atoms with van der Waals surface area (Å²) in [5.74, 6) is 0. The van der Waals surface area contributed by atoms with Crippen molar-refractivity contribution in [2.75, 3.05) is 4.90 Å². The van der Waals surface area contributed by atoms with Crippen LogP contribution in [0.5, 0.6) is 0 Å². The molecule has 0 aliphatic carbocycles. The van der Waals surface area contributed by atoms with Crippen LogP contribution in [0.1, 0.15) is 0 Å². The molecule has 57 heavy (non-hydrogen) atoms. The standard InChI is InChI=1S/C54H35NOS/c1-3-11-36(12-4-1)37-19-21-38(22-20-37)39-23-28-43(29-24-39)55(42-13-5-2-6-14-42)44-30-25-40(26-31-44)49-35-54-50(47-16-8-10-18-53(47)57-54)34-48(49)41-27-32-46-45-15-7-9-17-51(45)56-52(46)33-41/h1-35H. The number of nitrogens with zero attached hydrogens (tertiary/aromatic N) is 1. The van der Waals surface area contributed by atoms with Crippen molar-refractivity contribution >= 4 is 70.5 Å². The predicted octanol–water partition coefficient (Wildman–Crippen LogP) is 16.1. The highest BCUT2D eigenvalue weighted by Crippen LogP contribution is 2.44. The Kier molecular flexibility index (Phi) is 8.04. The largest absolute Gasteiger partial charge is 0.456 e. The van der Waals surface area contributed by atoms with Gasteiger partial charge in [-0.2, -0.15) is 0 Å². The molecule has 9 aromatic carbocycles. The monoisotopic (exact) mass is 745 g/mol. The van der Waals surface area contributed by atoms with Gasteiger partial charge in [0.25, 0.3) is 0 Å². The topological polar surface area (TPSA) is 16.4 Å². The second-order valence-electron chi connectivity index (χ2n) is 14.5. The second-order valence-corrected chi connectivity index (χ2v) is 15.6. The Morgan fingerprint density at radius 3 is 1.49 bits per heavy atom. The number of thiophene rings is 1. The highest BCUT2D eigenvalue weighted by atomic mass is 32.1. The SMILES string of the molecule is c1ccc(-c2ccc(-c3ccc(N(c4ccccc4)c4ccc(-c5cc6sc7ccccc7c6cc5-c5ccc6c(c5)oc5ccccc56)cc4)cc3)cc2)cc1. The van der Waals surface area contributed by atoms with Crippen molar-refractivity contribution < 1.29 is 4.42 Å². The molecule has 0 atom stereocenters. The minimum absolute atomic E-state index is 0.902. The minimum Gasteiger partial charge on any atom is -0.456 e. The van der Waals surface area contributed by atoms with Crippen LogP contribution >= 0.6 is 11.3 Å². The van der Waals surface area contributed by atoms with Crippen molar-refractivity contribution in [2.24, 2.45) is 0 Å². The van der Waals surface area contributed by atoms with Gasteiger partial charge in [-0.05, 0) is 117 Å². The summed E-state index contributed by atoms with van der Waals surface area (Å²) in [4.78, 5) is 2.33. The van der Waals surface area contributed by atoms with Gasteiger partial charge in [-0.1, -0.05) is 140 Å². The molecular formula is C54H35NOS. The Morgan fingerprint density at radius 2 is 0.789 bits per heavy atom. The van der Waals surface area contributed by atoms with Crippen molar-refractivity contribution in [2.45, 2.75) is 0 Å². The fourth-order valence-electron chi connectivity index (χ4n) is 8.25. The Bertz CT molecular complexity index is 3200. The van der Waals surface area contributed by atoms with Gasteiger partial charge < -0.3 is 9.32 Å². The van der Waals surface area contributed by atoms with Crippen LogP contribution in [0.3, 0.4) is 0 Å². The molecule has 268 valence electrons. The molecule has 2 nitrogen and oxygen atoms in total. The molecule has 3 heteroatoms. The van der Waals surface area contributed by atoms with Gasteiger partial charge in [0.15, 0.2) is 0 Å². The van der Waals surface area contributed by atoms with Crippen LogP contribution in [0.2, 0.25) is 0 Å². The first-order valence-electron chi connectivity index (χ1n) is 19.3. The first-order chi connectivity index (χ1) is 28.2. The summed E-state index contributed by atoms with van der Waals surface area (Å²) in [6.07, 6.45) is 0. The normalized spacial score (nSPS) is 11.5. The second kappa shape index (κ2) is 13.8. The minimum atomic E-state index is 0.902. The summed E-state index contributed by atoms with van der Waals surface area (Å²) in [6.45, 7) is 0. The molecule has 2 heterocycles. The molecule has 2 aromatic heterocycles. The maximum Gasteiger partial charge on any atom is 0.136 e. The number of benzene rings is 9. The van der Waals surface area contributed by atoms with Crippen molar-refractivity contribution in [1.82, 2.24) is 0 Å². The lowest BCUT2D eigenvalue weighted by Gasteiger charge is -2.26. The summed E-state index contributed by atoms with van der Waals surface area (Å²) >= 11 is 1.85. The van der Waals surface area contributed by atoms with E-state index in [9.17, 15) is 0 Å². The van der Waals surface area contributed by atoms with Crippen LogP contribution in [-0.4, -0.2) is 0 Å². The number of para-hydroxylation sites is 2. The van der Waals surface area contributed by atoms with Gasteiger partial charge in [-0.3, -0.25) is 0 Å². The molecule has 0 unspecified atom stereocenters. The van der Waals surface area contributed by atoms with Crippen LogP contribution in [0, 0.1) is 0 Å². The third-order valence-corrected chi connectivity index (χ3v) is 12.2. The maximum absolute atomic E-state index is 6.38. The molecule has 0 aliphatic heterocycles. The number of hydrogen-bond acceptors (Lipinski definition) is 3. The van der Waals surface area contributed by atoms with E-state index in [-0.39, 0.29) is 0 Å². The zero-order chi connectivity index (χ0) is 37.7. The predicted molar refractivity (Wildman–Crippen MR) is 243 cm³/mol. The summed E-state index contributed by atoms with van der Waals surface area (Å²) in [5.41, 5.74) is 14.6. The quantitative estimate of drug-likeness (QED) is 0.162. The molecule has 0 bridgehead atoms. The molecule has 0 fully saturated rings. The number of anilines is 3. The van der Waals surface area contributed by atoms with E-state index >= 15 is 0 Å². The zero-order valence-electron chi connectivity index (χ0n) is 31.0. The molecule has 11 rings (SSSR count). The van der Waals surface area contributed by atoms with Gasteiger partial charge in [0, 0.05) is 48.0 Å². The number of fused-ring (bicyclic) bond motifs is 6. The molecular weight excluding hydrogens is 711 g/mol. The highest BCUT2D eigenvalue weighted by molar-refractivity contribution is 7.25. The lowest BCUT2D eigenvalue weighted by atomic mass is 9.92. The van der Waals surface area contributed by atoms with Crippen LogP contribution in [-0.2, 0) is 0 Å². The molecule has 0 saturated carbocycles. The van der Waals surface area contributed by atoms with Gasteiger partial charge in [-0.15, -0.1) is 11.3 Å². The number of furan rings is 1. The molecule has 11 aromatic rings. The van der Waals surface area contributed by atoms with Gasteiger partial charge in [0.1, 0.15) is 11.2 Å². The van der Waals surface area contributed by atoms with Gasteiger partial charge in [-0.25, -0.2) is 0 Å². The van der Waals surface area contributed by atoms with E-state index < -0.39 is 0 Å². The van der Waals surface area contributed by atoms with Crippen molar-refractivity contribution in [3.05, 3.63) is 212 Å². The Morgan fingerprint density at radius 1 is 0.298 bits per heavy atom. The molecule has 0 amide bonds. The Balaban J connectivity index is 0.983. The van der Waals surface area contributed by atoms with Crippen LogP contribution in [0.15, 0.2) is 217 Å². The average molecular weight is 746 g/mol.